The summed E-state index contributed by atoms with van der Waals surface area (Å²) in [7, 11) is 0. The van der Waals surface area contributed by atoms with Crippen LogP contribution >= 0.6 is 15.9 Å². The molecule has 0 aliphatic heterocycles. The second-order valence-electron chi connectivity index (χ2n) is 3.33. The van der Waals surface area contributed by atoms with Crippen LogP contribution in [0, 0.1) is 5.92 Å². The summed E-state index contributed by atoms with van der Waals surface area (Å²) in [4.78, 5) is 8.22. The molecule has 1 rings (SSSR count). The summed E-state index contributed by atoms with van der Waals surface area (Å²) in [6, 6.07) is 1.68. The zero-order valence-corrected chi connectivity index (χ0v) is 10.0. The fraction of sp³-hybridized carbons (Fsp3) is 0.556. The molecular formula is C9H15BrN4. The zero-order valence-electron chi connectivity index (χ0n) is 8.42. The molecule has 0 saturated heterocycles. The van der Waals surface area contributed by atoms with E-state index in [1.165, 1.54) is 0 Å². The Bertz CT molecular complexity index is 283. The van der Waals surface area contributed by atoms with E-state index in [-0.39, 0.29) is 0 Å². The lowest BCUT2D eigenvalue weighted by molar-refractivity contribution is 0.591. The maximum Gasteiger partial charge on any atom is 0.225 e. The minimum Gasteiger partial charge on any atom is -0.383 e. The fourth-order valence-corrected chi connectivity index (χ4v) is 1.33. The molecule has 0 spiro atoms. The predicted molar refractivity (Wildman–Crippen MR) is 62.1 cm³/mol. The number of nitrogens with two attached hydrogens (primary N) is 1. The van der Waals surface area contributed by atoms with E-state index in [0.717, 1.165) is 13.0 Å². The van der Waals surface area contributed by atoms with Gasteiger partial charge in [-0.15, -0.1) is 0 Å². The number of anilines is 2. The number of nitrogens with zero attached hydrogens (tertiary/aromatic N) is 2. The lowest BCUT2D eigenvalue weighted by Crippen LogP contribution is -2.13. The first-order valence-corrected chi connectivity index (χ1v) is 5.45. The number of hydrogen-bond acceptors (Lipinski definition) is 4. The summed E-state index contributed by atoms with van der Waals surface area (Å²) < 4.78 is 0.705. The van der Waals surface area contributed by atoms with E-state index in [2.05, 4.69) is 45.1 Å². The molecule has 1 aromatic rings. The molecule has 1 heterocycles. The van der Waals surface area contributed by atoms with Crippen molar-refractivity contribution in [2.45, 2.75) is 20.3 Å². The van der Waals surface area contributed by atoms with E-state index in [1.807, 2.05) is 0 Å². The smallest absolute Gasteiger partial charge is 0.225 e. The van der Waals surface area contributed by atoms with Crippen LogP contribution in [-0.4, -0.2) is 16.5 Å². The highest BCUT2D eigenvalue weighted by Gasteiger charge is 2.02. The third-order valence-electron chi connectivity index (χ3n) is 2.02. The Balaban J connectivity index is 2.58. The second kappa shape index (κ2) is 5.14. The average Bonchev–Trinajstić information content (AvgIpc) is 2.12. The van der Waals surface area contributed by atoms with Crippen LogP contribution in [0.2, 0.25) is 0 Å². The number of nitrogens with one attached hydrogen (secondary N) is 1. The van der Waals surface area contributed by atoms with Crippen molar-refractivity contribution < 1.29 is 0 Å². The standard InChI is InChI=1S/C9H15BrN4/c1-3-6(2)5-12-9-13-7(10)4-8(11)14-9/h4,6H,3,5H2,1-2H3,(H3,11,12,13,14). The number of halogens is 1. The van der Waals surface area contributed by atoms with Gasteiger partial charge in [0.05, 0.1) is 0 Å². The molecule has 0 amide bonds. The van der Waals surface area contributed by atoms with Gasteiger partial charge in [0.25, 0.3) is 0 Å². The molecule has 1 unspecified atom stereocenters. The first kappa shape index (κ1) is 11.2. The molecule has 3 N–H and O–H groups in total. The molecule has 0 aromatic carbocycles. The molecule has 0 aliphatic rings. The molecule has 0 saturated carbocycles. The van der Waals surface area contributed by atoms with Crippen molar-refractivity contribution in [2.75, 3.05) is 17.6 Å². The fourth-order valence-electron chi connectivity index (χ4n) is 0.924. The van der Waals surface area contributed by atoms with E-state index in [9.17, 15) is 0 Å². The van der Waals surface area contributed by atoms with Gasteiger partial charge in [-0.1, -0.05) is 20.3 Å². The van der Waals surface area contributed by atoms with Gasteiger partial charge in [0.15, 0.2) is 0 Å². The van der Waals surface area contributed by atoms with E-state index in [4.69, 9.17) is 5.73 Å². The van der Waals surface area contributed by atoms with Crippen molar-refractivity contribution in [3.05, 3.63) is 10.7 Å². The largest absolute Gasteiger partial charge is 0.383 e. The van der Waals surface area contributed by atoms with Gasteiger partial charge in [0.2, 0.25) is 5.95 Å². The first-order valence-electron chi connectivity index (χ1n) is 4.65. The van der Waals surface area contributed by atoms with Crippen molar-refractivity contribution in [3.8, 4) is 0 Å². The Kier molecular flexibility index (Phi) is 4.13. The van der Waals surface area contributed by atoms with Crippen LogP contribution in [0.15, 0.2) is 10.7 Å². The van der Waals surface area contributed by atoms with Gasteiger partial charge >= 0.3 is 0 Å². The molecule has 0 radical (unpaired) electrons. The third kappa shape index (κ3) is 3.49. The summed E-state index contributed by atoms with van der Waals surface area (Å²) >= 11 is 3.27. The SMILES string of the molecule is CCC(C)CNc1nc(N)cc(Br)n1. The lowest BCUT2D eigenvalue weighted by Gasteiger charge is -2.10. The van der Waals surface area contributed by atoms with E-state index >= 15 is 0 Å². The summed E-state index contributed by atoms with van der Waals surface area (Å²) in [6.07, 6.45) is 1.14. The quantitative estimate of drug-likeness (QED) is 0.814. The van der Waals surface area contributed by atoms with Gasteiger partial charge in [-0.05, 0) is 21.8 Å². The molecule has 1 aromatic heterocycles. The van der Waals surface area contributed by atoms with Crippen molar-refractivity contribution in [1.29, 1.82) is 0 Å². The number of nitrogen functional groups attached to an aromatic ring is 1. The molecule has 0 aliphatic carbocycles. The molecule has 1 atom stereocenters. The van der Waals surface area contributed by atoms with Crippen LogP contribution in [0.3, 0.4) is 0 Å². The summed E-state index contributed by atoms with van der Waals surface area (Å²) in [5.41, 5.74) is 5.58. The zero-order chi connectivity index (χ0) is 10.6. The number of hydrogen-bond donors (Lipinski definition) is 2. The van der Waals surface area contributed by atoms with Crippen LogP contribution < -0.4 is 11.1 Å². The first-order chi connectivity index (χ1) is 6.61. The molecule has 78 valence electrons. The Morgan fingerprint density at radius 3 is 2.86 bits per heavy atom. The van der Waals surface area contributed by atoms with Crippen LogP contribution in [0.4, 0.5) is 11.8 Å². The van der Waals surface area contributed by atoms with Crippen LogP contribution in [0.5, 0.6) is 0 Å². The van der Waals surface area contributed by atoms with Crippen molar-refractivity contribution in [3.63, 3.8) is 0 Å². The van der Waals surface area contributed by atoms with Crippen LogP contribution in [0.1, 0.15) is 20.3 Å². The minimum absolute atomic E-state index is 0.471. The summed E-state index contributed by atoms with van der Waals surface area (Å²) in [6.45, 7) is 5.20. The minimum atomic E-state index is 0.471. The van der Waals surface area contributed by atoms with Crippen molar-refractivity contribution >= 4 is 27.7 Å². The van der Waals surface area contributed by atoms with E-state index in [0.29, 0.717) is 22.3 Å². The van der Waals surface area contributed by atoms with Gasteiger partial charge in [0.1, 0.15) is 10.4 Å². The molecule has 0 fully saturated rings. The monoisotopic (exact) mass is 258 g/mol. The van der Waals surface area contributed by atoms with E-state index < -0.39 is 0 Å². The topological polar surface area (TPSA) is 63.8 Å². The van der Waals surface area contributed by atoms with Gasteiger partial charge in [-0.2, -0.15) is 4.98 Å². The van der Waals surface area contributed by atoms with Crippen LogP contribution in [-0.2, 0) is 0 Å². The lowest BCUT2D eigenvalue weighted by atomic mass is 10.1. The Hall–Kier alpha value is -0.840. The molecule has 0 bridgehead atoms. The van der Waals surface area contributed by atoms with Gasteiger partial charge in [-0.3, -0.25) is 0 Å². The van der Waals surface area contributed by atoms with Gasteiger partial charge < -0.3 is 11.1 Å². The highest BCUT2D eigenvalue weighted by molar-refractivity contribution is 9.10. The van der Waals surface area contributed by atoms with E-state index in [1.54, 1.807) is 6.07 Å². The van der Waals surface area contributed by atoms with Crippen molar-refractivity contribution in [1.82, 2.24) is 9.97 Å². The highest BCUT2D eigenvalue weighted by Crippen LogP contribution is 2.12. The molecule has 5 heteroatoms. The summed E-state index contributed by atoms with van der Waals surface area (Å²) in [5.74, 6) is 1.66. The van der Waals surface area contributed by atoms with Gasteiger partial charge in [-0.25, -0.2) is 4.98 Å². The Morgan fingerprint density at radius 1 is 1.57 bits per heavy atom. The van der Waals surface area contributed by atoms with Crippen LogP contribution in [0.25, 0.3) is 0 Å². The van der Waals surface area contributed by atoms with Gasteiger partial charge in [0, 0.05) is 12.6 Å². The predicted octanol–water partition coefficient (Wildman–Crippen LogP) is 2.28. The maximum absolute atomic E-state index is 5.58. The van der Waals surface area contributed by atoms with Crippen molar-refractivity contribution in [2.24, 2.45) is 5.92 Å². The number of rotatable bonds is 4. The Morgan fingerprint density at radius 2 is 2.29 bits per heavy atom. The average molecular weight is 259 g/mol. The molecular weight excluding hydrogens is 244 g/mol. The highest BCUT2D eigenvalue weighted by atomic mass is 79.9. The third-order valence-corrected chi connectivity index (χ3v) is 2.43. The molecule has 14 heavy (non-hydrogen) atoms. The Labute approximate surface area is 92.5 Å². The second-order valence-corrected chi connectivity index (χ2v) is 4.15. The summed E-state index contributed by atoms with van der Waals surface area (Å²) in [5, 5.41) is 3.14. The normalized spacial score (nSPS) is 12.5. The maximum atomic E-state index is 5.58. The number of aromatic nitrogens is 2. The molecule has 4 nitrogen and oxygen atoms in total.